The number of aromatic nitrogens is 1. The van der Waals surface area contributed by atoms with E-state index in [0.29, 0.717) is 0 Å². The van der Waals surface area contributed by atoms with Crippen molar-refractivity contribution in [3.63, 3.8) is 0 Å². The SMILES string of the molecule is CC(N)c1nc(CNCCCC2CC2)cs1. The van der Waals surface area contributed by atoms with E-state index in [4.69, 9.17) is 5.73 Å². The molecule has 3 N–H and O–H groups in total. The van der Waals surface area contributed by atoms with Gasteiger partial charge in [0.15, 0.2) is 0 Å². The molecule has 3 nitrogen and oxygen atoms in total. The van der Waals surface area contributed by atoms with Crippen LogP contribution in [0.2, 0.25) is 0 Å². The standard InChI is InChI=1S/C12H21N3S/c1-9(13)12-15-11(8-16-12)7-14-6-2-3-10-4-5-10/h8-10,14H,2-7,13H2,1H3. The van der Waals surface area contributed by atoms with Crippen LogP contribution in [0.5, 0.6) is 0 Å². The highest BCUT2D eigenvalue weighted by Gasteiger charge is 2.19. The van der Waals surface area contributed by atoms with Crippen molar-refractivity contribution in [1.29, 1.82) is 0 Å². The molecule has 1 atom stereocenters. The Labute approximate surface area is 101 Å². The van der Waals surface area contributed by atoms with Crippen molar-refractivity contribution in [2.24, 2.45) is 11.7 Å². The highest BCUT2D eigenvalue weighted by Crippen LogP contribution is 2.33. The zero-order chi connectivity index (χ0) is 11.4. The van der Waals surface area contributed by atoms with Crippen molar-refractivity contribution < 1.29 is 0 Å². The van der Waals surface area contributed by atoms with Gasteiger partial charge in [-0.05, 0) is 32.2 Å². The number of rotatable bonds is 7. The number of thiazole rings is 1. The molecular formula is C12H21N3S. The summed E-state index contributed by atoms with van der Waals surface area (Å²) < 4.78 is 0. The Hall–Kier alpha value is -0.450. The first-order chi connectivity index (χ1) is 7.75. The molecule has 1 aromatic rings. The first-order valence-electron chi connectivity index (χ1n) is 6.16. The Balaban J connectivity index is 1.60. The Morgan fingerprint density at radius 1 is 1.62 bits per heavy atom. The normalized spacial score (nSPS) is 17.6. The lowest BCUT2D eigenvalue weighted by molar-refractivity contribution is 0.589. The fraction of sp³-hybridized carbons (Fsp3) is 0.750. The maximum atomic E-state index is 5.77. The van der Waals surface area contributed by atoms with Crippen LogP contribution in [-0.4, -0.2) is 11.5 Å². The highest BCUT2D eigenvalue weighted by molar-refractivity contribution is 7.09. The predicted octanol–water partition coefficient (Wildman–Crippen LogP) is 2.44. The molecule has 0 radical (unpaired) electrons. The van der Waals surface area contributed by atoms with Crippen LogP contribution in [0.1, 0.15) is 49.4 Å². The lowest BCUT2D eigenvalue weighted by Gasteiger charge is -2.02. The Morgan fingerprint density at radius 2 is 2.44 bits per heavy atom. The van der Waals surface area contributed by atoms with E-state index in [9.17, 15) is 0 Å². The summed E-state index contributed by atoms with van der Waals surface area (Å²) in [6, 6.07) is 0.0635. The molecule has 1 heterocycles. The topological polar surface area (TPSA) is 50.9 Å². The summed E-state index contributed by atoms with van der Waals surface area (Å²) in [5.41, 5.74) is 6.90. The van der Waals surface area contributed by atoms with Gasteiger partial charge in [0.25, 0.3) is 0 Å². The van der Waals surface area contributed by atoms with Crippen LogP contribution in [0, 0.1) is 5.92 Å². The van der Waals surface area contributed by atoms with E-state index in [-0.39, 0.29) is 6.04 Å². The lowest BCUT2D eigenvalue weighted by Crippen LogP contribution is -2.15. The second-order valence-corrected chi connectivity index (χ2v) is 5.62. The van der Waals surface area contributed by atoms with E-state index in [1.165, 1.54) is 25.7 Å². The summed E-state index contributed by atoms with van der Waals surface area (Å²) in [4.78, 5) is 4.49. The molecule has 2 rings (SSSR count). The Kier molecular flexibility index (Phi) is 4.32. The van der Waals surface area contributed by atoms with Gasteiger partial charge in [-0.15, -0.1) is 11.3 Å². The third-order valence-corrected chi connectivity index (χ3v) is 4.02. The predicted molar refractivity (Wildman–Crippen MR) is 68.4 cm³/mol. The van der Waals surface area contributed by atoms with E-state index >= 15 is 0 Å². The number of nitrogens with one attached hydrogen (secondary N) is 1. The van der Waals surface area contributed by atoms with E-state index in [2.05, 4.69) is 15.7 Å². The molecule has 0 amide bonds. The summed E-state index contributed by atoms with van der Waals surface area (Å²) in [5.74, 6) is 1.05. The lowest BCUT2D eigenvalue weighted by atomic mass is 10.2. The third kappa shape index (κ3) is 3.85. The number of hydrogen-bond acceptors (Lipinski definition) is 4. The van der Waals surface area contributed by atoms with E-state index in [1.807, 2.05) is 6.92 Å². The Morgan fingerprint density at radius 3 is 3.06 bits per heavy atom. The van der Waals surface area contributed by atoms with Gasteiger partial charge in [-0.1, -0.05) is 12.8 Å². The summed E-state index contributed by atoms with van der Waals surface area (Å²) in [7, 11) is 0. The fourth-order valence-corrected chi connectivity index (χ4v) is 2.53. The van der Waals surface area contributed by atoms with Gasteiger partial charge in [-0.2, -0.15) is 0 Å². The maximum absolute atomic E-state index is 5.77. The van der Waals surface area contributed by atoms with E-state index in [1.54, 1.807) is 11.3 Å². The van der Waals surface area contributed by atoms with Crippen molar-refractivity contribution in [3.8, 4) is 0 Å². The molecule has 16 heavy (non-hydrogen) atoms. The summed E-state index contributed by atoms with van der Waals surface area (Å²) in [6.45, 7) is 3.97. The van der Waals surface area contributed by atoms with Gasteiger partial charge >= 0.3 is 0 Å². The molecule has 90 valence electrons. The quantitative estimate of drug-likeness (QED) is 0.719. The second-order valence-electron chi connectivity index (χ2n) is 4.73. The van der Waals surface area contributed by atoms with Gasteiger partial charge in [-0.25, -0.2) is 4.98 Å². The molecule has 0 spiro atoms. The molecule has 1 unspecified atom stereocenters. The van der Waals surface area contributed by atoms with Gasteiger partial charge in [-0.3, -0.25) is 0 Å². The zero-order valence-electron chi connectivity index (χ0n) is 9.91. The van der Waals surface area contributed by atoms with Gasteiger partial charge < -0.3 is 11.1 Å². The van der Waals surface area contributed by atoms with Crippen molar-refractivity contribution in [2.45, 2.75) is 45.2 Å². The third-order valence-electron chi connectivity index (χ3n) is 2.93. The summed E-state index contributed by atoms with van der Waals surface area (Å²) >= 11 is 1.66. The Bertz CT molecular complexity index is 318. The monoisotopic (exact) mass is 239 g/mol. The zero-order valence-corrected chi connectivity index (χ0v) is 10.7. The molecule has 1 aliphatic rings. The average molecular weight is 239 g/mol. The minimum Gasteiger partial charge on any atom is -0.322 e. The number of hydrogen-bond donors (Lipinski definition) is 2. The van der Waals surface area contributed by atoms with E-state index < -0.39 is 0 Å². The van der Waals surface area contributed by atoms with Crippen molar-refractivity contribution in [2.75, 3.05) is 6.54 Å². The summed E-state index contributed by atoms with van der Waals surface area (Å²) in [6.07, 6.45) is 5.62. The fourth-order valence-electron chi connectivity index (χ4n) is 1.75. The van der Waals surface area contributed by atoms with Crippen molar-refractivity contribution >= 4 is 11.3 Å². The first-order valence-corrected chi connectivity index (χ1v) is 7.04. The average Bonchev–Trinajstić information content (AvgIpc) is 2.94. The van der Waals surface area contributed by atoms with E-state index in [0.717, 1.165) is 29.7 Å². The smallest absolute Gasteiger partial charge is 0.109 e. The molecule has 0 saturated heterocycles. The van der Waals surface area contributed by atoms with Crippen LogP contribution < -0.4 is 11.1 Å². The molecule has 4 heteroatoms. The van der Waals surface area contributed by atoms with Crippen LogP contribution >= 0.6 is 11.3 Å². The largest absolute Gasteiger partial charge is 0.322 e. The number of nitrogens with two attached hydrogens (primary N) is 1. The van der Waals surface area contributed by atoms with Gasteiger partial charge in [0.2, 0.25) is 0 Å². The molecule has 1 aromatic heterocycles. The van der Waals surface area contributed by atoms with Crippen LogP contribution in [0.3, 0.4) is 0 Å². The molecule has 0 aromatic carbocycles. The van der Waals surface area contributed by atoms with Crippen LogP contribution in [0.25, 0.3) is 0 Å². The van der Waals surface area contributed by atoms with Crippen LogP contribution in [0.4, 0.5) is 0 Å². The molecular weight excluding hydrogens is 218 g/mol. The minimum absolute atomic E-state index is 0.0635. The molecule has 0 aliphatic heterocycles. The number of nitrogens with zero attached hydrogens (tertiary/aromatic N) is 1. The molecule has 1 aliphatic carbocycles. The maximum Gasteiger partial charge on any atom is 0.109 e. The van der Waals surface area contributed by atoms with Crippen molar-refractivity contribution in [1.82, 2.24) is 10.3 Å². The first kappa shape index (κ1) is 12.0. The van der Waals surface area contributed by atoms with Gasteiger partial charge in [0.05, 0.1) is 11.7 Å². The second kappa shape index (κ2) is 5.75. The minimum atomic E-state index is 0.0635. The summed E-state index contributed by atoms with van der Waals surface area (Å²) in [5, 5.41) is 6.58. The van der Waals surface area contributed by atoms with Gasteiger partial charge in [0.1, 0.15) is 5.01 Å². The van der Waals surface area contributed by atoms with Crippen molar-refractivity contribution in [3.05, 3.63) is 16.1 Å². The molecule has 0 bridgehead atoms. The highest BCUT2D eigenvalue weighted by atomic mass is 32.1. The van der Waals surface area contributed by atoms with Gasteiger partial charge in [0, 0.05) is 11.9 Å². The van der Waals surface area contributed by atoms with Crippen LogP contribution in [-0.2, 0) is 6.54 Å². The molecule has 1 fully saturated rings. The molecule has 1 saturated carbocycles. The van der Waals surface area contributed by atoms with Crippen LogP contribution in [0.15, 0.2) is 5.38 Å².